The lowest BCUT2D eigenvalue weighted by Gasteiger charge is -2.18. The molecule has 0 radical (unpaired) electrons. The van der Waals surface area contributed by atoms with Gasteiger partial charge in [-0.05, 0) is 44.9 Å². The van der Waals surface area contributed by atoms with Crippen molar-refractivity contribution in [3.63, 3.8) is 0 Å². The molecule has 1 atom stereocenters. The van der Waals surface area contributed by atoms with Crippen LogP contribution in [0.4, 0.5) is 0 Å². The van der Waals surface area contributed by atoms with Gasteiger partial charge in [-0.15, -0.1) is 0 Å². The van der Waals surface area contributed by atoms with E-state index < -0.39 is 6.10 Å². The predicted molar refractivity (Wildman–Crippen MR) is 229 cm³/mol. The van der Waals surface area contributed by atoms with E-state index in [1.54, 1.807) is 0 Å². The Morgan fingerprint density at radius 3 is 0.926 bits per heavy atom. The van der Waals surface area contributed by atoms with Crippen LogP contribution in [-0.2, 0) is 28.6 Å². The van der Waals surface area contributed by atoms with E-state index in [9.17, 15) is 14.4 Å². The minimum atomic E-state index is -0.765. The van der Waals surface area contributed by atoms with Crippen LogP contribution in [0.15, 0.2) is 12.2 Å². The van der Waals surface area contributed by atoms with E-state index in [0.717, 1.165) is 64.2 Å². The van der Waals surface area contributed by atoms with Crippen LogP contribution < -0.4 is 0 Å². The first-order chi connectivity index (χ1) is 26.5. The van der Waals surface area contributed by atoms with Crippen LogP contribution in [0.1, 0.15) is 258 Å². The standard InChI is InChI=1S/C48H90O6/c1-4-7-10-13-16-18-20-22-24-25-27-28-30-32-35-38-41-47(50)53-44-45(43-52-46(49)40-37-34-15-12-9-6-3)54-48(51)42-39-36-33-31-29-26-23-21-19-17-14-11-8-5-2/h21,23,45H,4-20,22,24-44H2,1-3H3/b23-21-. The third-order valence-corrected chi connectivity index (χ3v) is 10.5. The SMILES string of the molecule is CCCCCCC/C=C\CCCCCCCC(=O)OC(COC(=O)CCCCCCCC)COC(=O)CCCCCCCCCCCCCCCCCC. The molecule has 0 fully saturated rings. The number of ether oxygens (including phenoxy) is 3. The van der Waals surface area contributed by atoms with Crippen LogP contribution in [-0.4, -0.2) is 37.2 Å². The van der Waals surface area contributed by atoms with Gasteiger partial charge in [0.25, 0.3) is 0 Å². The van der Waals surface area contributed by atoms with Gasteiger partial charge in [-0.3, -0.25) is 14.4 Å². The molecule has 0 aliphatic heterocycles. The van der Waals surface area contributed by atoms with Crippen LogP contribution in [0.3, 0.4) is 0 Å². The molecule has 0 aromatic rings. The number of hydrogen-bond donors (Lipinski definition) is 0. The summed E-state index contributed by atoms with van der Waals surface area (Å²) in [6, 6.07) is 0. The van der Waals surface area contributed by atoms with Gasteiger partial charge in [-0.2, -0.15) is 0 Å². The van der Waals surface area contributed by atoms with E-state index in [0.29, 0.717) is 19.3 Å². The van der Waals surface area contributed by atoms with Crippen LogP contribution in [0, 0.1) is 0 Å². The van der Waals surface area contributed by atoms with Crippen molar-refractivity contribution in [1.29, 1.82) is 0 Å². The number of rotatable bonds is 43. The van der Waals surface area contributed by atoms with Crippen molar-refractivity contribution in [3.05, 3.63) is 12.2 Å². The lowest BCUT2D eigenvalue weighted by Crippen LogP contribution is -2.30. The minimum absolute atomic E-state index is 0.0695. The summed E-state index contributed by atoms with van der Waals surface area (Å²) in [5.74, 6) is -0.878. The second-order valence-electron chi connectivity index (χ2n) is 16.0. The second-order valence-corrected chi connectivity index (χ2v) is 16.0. The van der Waals surface area contributed by atoms with Crippen LogP contribution in [0.2, 0.25) is 0 Å². The van der Waals surface area contributed by atoms with Gasteiger partial charge >= 0.3 is 17.9 Å². The molecule has 0 aromatic carbocycles. The van der Waals surface area contributed by atoms with Gasteiger partial charge in [0, 0.05) is 19.3 Å². The fourth-order valence-electron chi connectivity index (χ4n) is 6.91. The van der Waals surface area contributed by atoms with E-state index in [2.05, 4.69) is 32.9 Å². The molecule has 318 valence electrons. The van der Waals surface area contributed by atoms with E-state index in [-0.39, 0.29) is 31.1 Å². The van der Waals surface area contributed by atoms with Crippen molar-refractivity contribution in [1.82, 2.24) is 0 Å². The van der Waals surface area contributed by atoms with Gasteiger partial charge < -0.3 is 14.2 Å². The first-order valence-corrected chi connectivity index (χ1v) is 23.7. The van der Waals surface area contributed by atoms with Crippen molar-refractivity contribution >= 4 is 17.9 Å². The molecule has 0 saturated carbocycles. The highest BCUT2D eigenvalue weighted by atomic mass is 16.6. The number of allylic oxidation sites excluding steroid dienone is 2. The first kappa shape index (κ1) is 52.2. The largest absolute Gasteiger partial charge is 0.462 e. The van der Waals surface area contributed by atoms with Gasteiger partial charge in [0.2, 0.25) is 0 Å². The van der Waals surface area contributed by atoms with Crippen molar-refractivity contribution in [3.8, 4) is 0 Å². The number of carbonyl (C=O) groups excluding carboxylic acids is 3. The molecular weight excluding hydrogens is 673 g/mol. The number of hydrogen-bond acceptors (Lipinski definition) is 6. The predicted octanol–water partition coefficient (Wildman–Crippen LogP) is 15.0. The molecule has 1 unspecified atom stereocenters. The summed E-state index contributed by atoms with van der Waals surface area (Å²) >= 11 is 0. The maximum atomic E-state index is 12.7. The Morgan fingerprint density at radius 1 is 0.352 bits per heavy atom. The van der Waals surface area contributed by atoms with Crippen LogP contribution in [0.5, 0.6) is 0 Å². The summed E-state index contributed by atoms with van der Waals surface area (Å²) < 4.78 is 16.7. The number of carbonyl (C=O) groups is 3. The van der Waals surface area contributed by atoms with E-state index in [4.69, 9.17) is 14.2 Å². The topological polar surface area (TPSA) is 78.9 Å². The summed E-state index contributed by atoms with van der Waals surface area (Å²) in [4.78, 5) is 37.6. The van der Waals surface area contributed by atoms with Gasteiger partial charge in [0.1, 0.15) is 13.2 Å². The molecule has 0 rings (SSSR count). The second kappa shape index (κ2) is 43.9. The Hall–Kier alpha value is -1.85. The van der Waals surface area contributed by atoms with Crippen LogP contribution in [0.25, 0.3) is 0 Å². The van der Waals surface area contributed by atoms with E-state index in [1.165, 1.54) is 154 Å². The Bertz CT molecular complexity index is 839. The number of unbranched alkanes of at least 4 members (excludes halogenated alkanes) is 30. The average molecular weight is 763 g/mol. The molecule has 0 N–H and O–H groups in total. The maximum Gasteiger partial charge on any atom is 0.306 e. The summed E-state index contributed by atoms with van der Waals surface area (Å²) in [5, 5.41) is 0. The number of esters is 3. The smallest absolute Gasteiger partial charge is 0.306 e. The molecule has 0 saturated heterocycles. The Kier molecular flexibility index (Phi) is 42.4. The molecule has 0 aromatic heterocycles. The fourth-order valence-corrected chi connectivity index (χ4v) is 6.91. The van der Waals surface area contributed by atoms with Gasteiger partial charge in [-0.1, -0.05) is 206 Å². The zero-order chi connectivity index (χ0) is 39.4. The molecular formula is C48H90O6. The quantitative estimate of drug-likeness (QED) is 0.0266. The van der Waals surface area contributed by atoms with Crippen molar-refractivity contribution < 1.29 is 28.6 Å². The highest BCUT2D eigenvalue weighted by molar-refractivity contribution is 5.71. The van der Waals surface area contributed by atoms with E-state index in [1.807, 2.05) is 0 Å². The molecule has 6 heteroatoms. The lowest BCUT2D eigenvalue weighted by atomic mass is 10.0. The Balaban J connectivity index is 4.22. The molecule has 0 spiro atoms. The third kappa shape index (κ3) is 41.3. The van der Waals surface area contributed by atoms with Crippen molar-refractivity contribution in [2.24, 2.45) is 0 Å². The fraction of sp³-hybridized carbons (Fsp3) is 0.896. The maximum absolute atomic E-state index is 12.7. The molecule has 0 heterocycles. The molecule has 6 nitrogen and oxygen atoms in total. The van der Waals surface area contributed by atoms with Gasteiger partial charge in [0.15, 0.2) is 6.10 Å². The third-order valence-electron chi connectivity index (χ3n) is 10.5. The molecule has 0 aliphatic carbocycles. The highest BCUT2D eigenvalue weighted by Gasteiger charge is 2.19. The monoisotopic (exact) mass is 763 g/mol. The van der Waals surface area contributed by atoms with Crippen molar-refractivity contribution in [2.75, 3.05) is 13.2 Å². The molecule has 0 bridgehead atoms. The van der Waals surface area contributed by atoms with Gasteiger partial charge in [-0.25, -0.2) is 0 Å². The zero-order valence-corrected chi connectivity index (χ0v) is 36.3. The minimum Gasteiger partial charge on any atom is -0.462 e. The first-order valence-electron chi connectivity index (χ1n) is 23.7. The Morgan fingerprint density at radius 2 is 0.611 bits per heavy atom. The zero-order valence-electron chi connectivity index (χ0n) is 36.3. The summed E-state index contributed by atoms with van der Waals surface area (Å²) in [7, 11) is 0. The lowest BCUT2D eigenvalue weighted by molar-refractivity contribution is -0.167. The van der Waals surface area contributed by atoms with Crippen molar-refractivity contribution in [2.45, 2.75) is 264 Å². The summed E-state index contributed by atoms with van der Waals surface area (Å²) in [6.07, 6.45) is 46.4. The van der Waals surface area contributed by atoms with Crippen LogP contribution >= 0.6 is 0 Å². The normalized spacial score (nSPS) is 12.0. The molecule has 54 heavy (non-hydrogen) atoms. The molecule has 0 amide bonds. The van der Waals surface area contributed by atoms with E-state index >= 15 is 0 Å². The average Bonchev–Trinajstić information content (AvgIpc) is 3.17. The Labute approximate surface area is 335 Å². The van der Waals surface area contributed by atoms with Gasteiger partial charge in [0.05, 0.1) is 0 Å². The summed E-state index contributed by atoms with van der Waals surface area (Å²) in [6.45, 7) is 6.58. The highest BCUT2D eigenvalue weighted by Crippen LogP contribution is 2.15. The summed E-state index contributed by atoms with van der Waals surface area (Å²) in [5.41, 5.74) is 0. The molecule has 0 aliphatic rings.